The van der Waals surface area contributed by atoms with Gasteiger partial charge in [-0.2, -0.15) is 0 Å². The second-order valence-electron chi connectivity index (χ2n) is 4.52. The van der Waals surface area contributed by atoms with Gasteiger partial charge in [0.15, 0.2) is 0 Å². The molecular weight excluding hydrogens is 194 g/mol. The Balaban J connectivity index is 2.87. The van der Waals surface area contributed by atoms with E-state index in [0.717, 1.165) is 12.5 Å². The zero-order valence-electron chi connectivity index (χ0n) is 11.1. The van der Waals surface area contributed by atoms with Crippen LogP contribution in [0.3, 0.4) is 0 Å². The molecule has 1 nitrogen and oxygen atoms in total. The zero-order chi connectivity index (χ0) is 12.0. The van der Waals surface area contributed by atoms with Crippen LogP contribution in [0.5, 0.6) is 0 Å². The van der Waals surface area contributed by atoms with Crippen LogP contribution in [0.2, 0.25) is 0 Å². The maximum Gasteiger partial charge on any atom is 0.0348 e. The van der Waals surface area contributed by atoms with Gasteiger partial charge in [0.25, 0.3) is 0 Å². The van der Waals surface area contributed by atoms with Crippen molar-refractivity contribution in [2.75, 3.05) is 6.54 Å². The van der Waals surface area contributed by atoms with Gasteiger partial charge < -0.3 is 5.32 Å². The van der Waals surface area contributed by atoms with Gasteiger partial charge in [0.2, 0.25) is 0 Å². The molecule has 0 aliphatic carbocycles. The third-order valence-electron chi connectivity index (χ3n) is 3.38. The molecule has 1 aromatic rings. The summed E-state index contributed by atoms with van der Waals surface area (Å²) in [5, 5.41) is 3.62. The van der Waals surface area contributed by atoms with E-state index in [9.17, 15) is 0 Å². The molecule has 0 fully saturated rings. The fraction of sp³-hybridized carbons (Fsp3) is 0.600. The van der Waals surface area contributed by atoms with Crippen molar-refractivity contribution in [3.63, 3.8) is 0 Å². The average molecular weight is 219 g/mol. The van der Waals surface area contributed by atoms with Crippen molar-refractivity contribution in [3.05, 3.63) is 35.4 Å². The van der Waals surface area contributed by atoms with E-state index in [4.69, 9.17) is 0 Å². The summed E-state index contributed by atoms with van der Waals surface area (Å²) >= 11 is 0. The van der Waals surface area contributed by atoms with E-state index >= 15 is 0 Å². The quantitative estimate of drug-likeness (QED) is 0.760. The molecule has 1 heteroatoms. The van der Waals surface area contributed by atoms with E-state index in [0.29, 0.717) is 6.04 Å². The summed E-state index contributed by atoms with van der Waals surface area (Å²) in [5.41, 5.74) is 2.77. The number of hydrogen-bond donors (Lipinski definition) is 1. The SMILES string of the molecule is CCNC(c1ccc(C)cc1)C(CC)CC. The molecule has 0 amide bonds. The average Bonchev–Trinajstić information content (AvgIpc) is 2.31. The molecule has 0 radical (unpaired) electrons. The van der Waals surface area contributed by atoms with Gasteiger partial charge in [-0.3, -0.25) is 0 Å². The van der Waals surface area contributed by atoms with Gasteiger partial charge in [-0.05, 0) is 24.9 Å². The Morgan fingerprint density at radius 3 is 2.00 bits per heavy atom. The molecule has 0 saturated carbocycles. The molecule has 1 aromatic carbocycles. The molecule has 90 valence electrons. The van der Waals surface area contributed by atoms with Crippen molar-refractivity contribution in [1.82, 2.24) is 5.32 Å². The van der Waals surface area contributed by atoms with Gasteiger partial charge in [-0.1, -0.05) is 63.4 Å². The van der Waals surface area contributed by atoms with Gasteiger partial charge in [-0.15, -0.1) is 0 Å². The molecule has 0 aliphatic rings. The van der Waals surface area contributed by atoms with Crippen molar-refractivity contribution < 1.29 is 0 Å². The molecule has 1 rings (SSSR count). The van der Waals surface area contributed by atoms with Crippen molar-refractivity contribution in [2.45, 2.75) is 46.6 Å². The van der Waals surface area contributed by atoms with E-state index in [1.165, 1.54) is 24.0 Å². The molecular formula is C15H25N. The van der Waals surface area contributed by atoms with Crippen LogP contribution >= 0.6 is 0 Å². The van der Waals surface area contributed by atoms with Crippen LogP contribution in [0.4, 0.5) is 0 Å². The molecule has 0 spiro atoms. The molecule has 0 aliphatic heterocycles. The first kappa shape index (κ1) is 13.2. The smallest absolute Gasteiger partial charge is 0.0348 e. The minimum atomic E-state index is 0.514. The summed E-state index contributed by atoms with van der Waals surface area (Å²) in [6.45, 7) is 9.93. The van der Waals surface area contributed by atoms with Crippen molar-refractivity contribution in [2.24, 2.45) is 5.92 Å². The predicted molar refractivity (Wildman–Crippen MR) is 71.7 cm³/mol. The third-order valence-corrected chi connectivity index (χ3v) is 3.38. The van der Waals surface area contributed by atoms with Crippen LogP contribution in [0.15, 0.2) is 24.3 Å². The Hall–Kier alpha value is -0.820. The molecule has 0 bridgehead atoms. The minimum absolute atomic E-state index is 0.514. The standard InChI is InChI=1S/C15H25N/c1-5-13(6-2)15(16-7-3)14-10-8-12(4)9-11-14/h8-11,13,15-16H,5-7H2,1-4H3. The fourth-order valence-corrected chi connectivity index (χ4v) is 2.31. The Morgan fingerprint density at radius 1 is 1.00 bits per heavy atom. The normalized spacial score (nSPS) is 13.1. The second-order valence-corrected chi connectivity index (χ2v) is 4.52. The van der Waals surface area contributed by atoms with E-state index in [-0.39, 0.29) is 0 Å². The van der Waals surface area contributed by atoms with Gasteiger partial charge in [0, 0.05) is 6.04 Å². The Morgan fingerprint density at radius 2 is 1.56 bits per heavy atom. The van der Waals surface area contributed by atoms with Crippen LogP contribution in [0.25, 0.3) is 0 Å². The first-order chi connectivity index (χ1) is 7.72. The van der Waals surface area contributed by atoms with E-state index in [2.05, 4.69) is 57.3 Å². The second kappa shape index (κ2) is 6.70. The lowest BCUT2D eigenvalue weighted by Crippen LogP contribution is -2.27. The van der Waals surface area contributed by atoms with Crippen molar-refractivity contribution in [1.29, 1.82) is 0 Å². The highest BCUT2D eigenvalue weighted by Gasteiger charge is 2.18. The van der Waals surface area contributed by atoms with Crippen LogP contribution in [-0.2, 0) is 0 Å². The largest absolute Gasteiger partial charge is 0.310 e. The van der Waals surface area contributed by atoms with Crippen LogP contribution in [0.1, 0.15) is 50.8 Å². The first-order valence-electron chi connectivity index (χ1n) is 6.52. The van der Waals surface area contributed by atoms with E-state index in [1.807, 2.05) is 0 Å². The molecule has 1 N–H and O–H groups in total. The maximum absolute atomic E-state index is 3.62. The van der Waals surface area contributed by atoms with Crippen molar-refractivity contribution >= 4 is 0 Å². The van der Waals surface area contributed by atoms with Gasteiger partial charge in [-0.25, -0.2) is 0 Å². The zero-order valence-corrected chi connectivity index (χ0v) is 11.1. The molecule has 1 unspecified atom stereocenters. The van der Waals surface area contributed by atoms with Gasteiger partial charge >= 0.3 is 0 Å². The highest BCUT2D eigenvalue weighted by molar-refractivity contribution is 5.24. The molecule has 0 aromatic heterocycles. The molecule has 0 saturated heterocycles. The summed E-state index contributed by atoms with van der Waals surface area (Å²) in [6.07, 6.45) is 2.48. The predicted octanol–water partition coefficient (Wildman–Crippen LogP) is 4.08. The lowest BCUT2D eigenvalue weighted by molar-refractivity contribution is 0.346. The Labute approximate surface area is 100 Å². The van der Waals surface area contributed by atoms with Gasteiger partial charge in [0.05, 0.1) is 0 Å². The summed E-state index contributed by atoms with van der Waals surface area (Å²) in [5.74, 6) is 0.739. The first-order valence-corrected chi connectivity index (χ1v) is 6.52. The monoisotopic (exact) mass is 219 g/mol. The summed E-state index contributed by atoms with van der Waals surface area (Å²) in [4.78, 5) is 0. The maximum atomic E-state index is 3.62. The topological polar surface area (TPSA) is 12.0 Å². The van der Waals surface area contributed by atoms with Crippen molar-refractivity contribution in [3.8, 4) is 0 Å². The van der Waals surface area contributed by atoms with E-state index in [1.54, 1.807) is 0 Å². The lowest BCUT2D eigenvalue weighted by Gasteiger charge is -2.26. The summed E-state index contributed by atoms with van der Waals surface area (Å²) in [6, 6.07) is 9.46. The number of hydrogen-bond acceptors (Lipinski definition) is 1. The Bertz CT molecular complexity index is 285. The number of rotatable bonds is 6. The van der Waals surface area contributed by atoms with Gasteiger partial charge in [0.1, 0.15) is 0 Å². The number of nitrogens with one attached hydrogen (secondary N) is 1. The molecule has 1 atom stereocenters. The molecule has 0 heterocycles. The van der Waals surface area contributed by atoms with E-state index < -0.39 is 0 Å². The van der Waals surface area contributed by atoms with Crippen LogP contribution in [-0.4, -0.2) is 6.54 Å². The molecule has 16 heavy (non-hydrogen) atoms. The number of aryl methyl sites for hydroxylation is 1. The van der Waals surface area contributed by atoms with Crippen LogP contribution in [0, 0.1) is 12.8 Å². The van der Waals surface area contributed by atoms with Crippen LogP contribution < -0.4 is 5.32 Å². The Kier molecular flexibility index (Phi) is 5.54. The highest BCUT2D eigenvalue weighted by Crippen LogP contribution is 2.27. The third kappa shape index (κ3) is 3.34. The highest BCUT2D eigenvalue weighted by atomic mass is 14.9. The lowest BCUT2D eigenvalue weighted by atomic mass is 9.88. The minimum Gasteiger partial charge on any atom is -0.310 e. The summed E-state index contributed by atoms with van der Waals surface area (Å²) < 4.78 is 0. The number of benzene rings is 1. The fourth-order valence-electron chi connectivity index (χ4n) is 2.31. The summed E-state index contributed by atoms with van der Waals surface area (Å²) in [7, 11) is 0.